The summed E-state index contributed by atoms with van der Waals surface area (Å²) in [4.78, 5) is 0. The van der Waals surface area contributed by atoms with Crippen molar-refractivity contribution in [3.63, 3.8) is 0 Å². The number of hydrogen-bond donors (Lipinski definition) is 1. The second kappa shape index (κ2) is 10.2. The zero-order chi connectivity index (χ0) is 18.9. The highest BCUT2D eigenvalue weighted by molar-refractivity contribution is 5.79. The van der Waals surface area contributed by atoms with Crippen LogP contribution in [-0.2, 0) is 11.3 Å². The molecule has 0 atom stereocenters. The molecule has 0 saturated heterocycles. The van der Waals surface area contributed by atoms with Crippen LogP contribution < -0.4 is 5.43 Å². The fraction of sp³-hybridized carbons (Fsp3) is 0.435. The van der Waals surface area contributed by atoms with E-state index in [4.69, 9.17) is 4.74 Å². The van der Waals surface area contributed by atoms with Crippen molar-refractivity contribution in [2.45, 2.75) is 39.2 Å². The van der Waals surface area contributed by atoms with Crippen LogP contribution >= 0.6 is 0 Å². The molecule has 0 radical (unpaired) electrons. The Bertz CT molecular complexity index is 724. The molecular weight excluding hydrogens is 339 g/mol. The van der Waals surface area contributed by atoms with Crippen LogP contribution in [0.15, 0.2) is 53.6 Å². The number of nitrogens with one attached hydrogen (secondary N) is 1. The van der Waals surface area contributed by atoms with Crippen LogP contribution in [0.3, 0.4) is 0 Å². The summed E-state index contributed by atoms with van der Waals surface area (Å²) in [6, 6.07) is 15.5. The van der Waals surface area contributed by atoms with Gasteiger partial charge in [-0.1, -0.05) is 42.5 Å². The predicted octanol–water partition coefficient (Wildman–Crippen LogP) is 5.08. The van der Waals surface area contributed by atoms with Crippen LogP contribution in [0.25, 0.3) is 0 Å². The first-order valence-corrected chi connectivity index (χ1v) is 9.84. The van der Waals surface area contributed by atoms with Crippen molar-refractivity contribution in [1.82, 2.24) is 5.43 Å². The van der Waals surface area contributed by atoms with E-state index in [0.717, 1.165) is 18.7 Å². The highest BCUT2D eigenvalue weighted by atomic mass is 19.1. The minimum atomic E-state index is -0.225. The summed E-state index contributed by atoms with van der Waals surface area (Å²) >= 11 is 0. The Kier molecular flexibility index (Phi) is 7.40. The Morgan fingerprint density at radius 2 is 1.81 bits per heavy atom. The Morgan fingerprint density at radius 1 is 1.07 bits per heavy atom. The summed E-state index contributed by atoms with van der Waals surface area (Å²) in [6.07, 6.45) is 6.37. The molecule has 1 saturated carbocycles. The number of hydrogen-bond acceptors (Lipinski definition) is 3. The molecule has 2 aromatic carbocycles. The van der Waals surface area contributed by atoms with Crippen LogP contribution in [0.4, 0.5) is 4.39 Å². The first-order chi connectivity index (χ1) is 13.2. The maximum atomic E-state index is 13.8. The van der Waals surface area contributed by atoms with Gasteiger partial charge in [0.15, 0.2) is 0 Å². The number of aryl methyl sites for hydroxylation is 1. The molecular formula is C23H29FN2O. The van der Waals surface area contributed by atoms with Gasteiger partial charge in [-0.05, 0) is 61.6 Å². The minimum absolute atomic E-state index is 0.225. The van der Waals surface area contributed by atoms with E-state index in [-0.39, 0.29) is 5.82 Å². The Hall–Kier alpha value is -2.20. The van der Waals surface area contributed by atoms with Crippen molar-refractivity contribution in [3.05, 3.63) is 71.0 Å². The average molecular weight is 368 g/mol. The van der Waals surface area contributed by atoms with Gasteiger partial charge < -0.3 is 10.2 Å². The van der Waals surface area contributed by atoms with Crippen molar-refractivity contribution in [3.8, 4) is 0 Å². The van der Waals surface area contributed by atoms with Crippen molar-refractivity contribution in [2.75, 3.05) is 13.2 Å². The Morgan fingerprint density at radius 3 is 2.56 bits per heavy atom. The maximum Gasteiger partial charge on any atom is 0.132 e. The molecule has 0 spiro atoms. The van der Waals surface area contributed by atoms with E-state index >= 15 is 0 Å². The lowest BCUT2D eigenvalue weighted by Gasteiger charge is -2.28. The monoisotopic (exact) mass is 368 g/mol. The predicted molar refractivity (Wildman–Crippen MR) is 108 cm³/mol. The average Bonchev–Trinajstić information content (AvgIpc) is 2.68. The first-order valence-electron chi connectivity index (χ1n) is 9.84. The zero-order valence-corrected chi connectivity index (χ0v) is 16.0. The van der Waals surface area contributed by atoms with Gasteiger partial charge in [-0.25, -0.2) is 4.39 Å². The molecule has 27 heavy (non-hydrogen) atoms. The fourth-order valence-electron chi connectivity index (χ4n) is 3.55. The van der Waals surface area contributed by atoms with E-state index in [2.05, 4.69) is 22.7 Å². The second-order valence-electron chi connectivity index (χ2n) is 7.53. The first kappa shape index (κ1) is 19.6. The van der Waals surface area contributed by atoms with Crippen molar-refractivity contribution >= 4 is 6.21 Å². The van der Waals surface area contributed by atoms with Gasteiger partial charge in [-0.15, -0.1) is 0 Å². The van der Waals surface area contributed by atoms with Gasteiger partial charge in [-0.3, -0.25) is 0 Å². The molecule has 1 aliphatic carbocycles. The molecule has 0 amide bonds. The van der Waals surface area contributed by atoms with Crippen LogP contribution in [-0.4, -0.2) is 19.4 Å². The smallest absolute Gasteiger partial charge is 0.132 e. The maximum absolute atomic E-state index is 13.8. The summed E-state index contributed by atoms with van der Waals surface area (Å²) in [7, 11) is 0. The molecule has 144 valence electrons. The normalized spacial score (nSPS) is 20.1. The van der Waals surface area contributed by atoms with Crippen LogP contribution in [0.5, 0.6) is 0 Å². The van der Waals surface area contributed by atoms with Crippen molar-refractivity contribution < 1.29 is 9.13 Å². The Balaban J connectivity index is 1.30. The number of rotatable bonds is 8. The lowest BCUT2D eigenvalue weighted by Crippen LogP contribution is -2.25. The third-order valence-electron chi connectivity index (χ3n) is 5.26. The highest BCUT2D eigenvalue weighted by Crippen LogP contribution is 2.28. The van der Waals surface area contributed by atoms with Crippen LogP contribution in [0, 0.1) is 24.6 Å². The van der Waals surface area contributed by atoms with Crippen LogP contribution in [0.1, 0.15) is 42.4 Å². The van der Waals surface area contributed by atoms with Gasteiger partial charge in [0.05, 0.1) is 12.8 Å². The number of halogens is 1. The third-order valence-corrected chi connectivity index (χ3v) is 5.26. The second-order valence-corrected chi connectivity index (χ2v) is 7.53. The zero-order valence-electron chi connectivity index (χ0n) is 16.0. The SMILES string of the molecule is Cc1ccc(C=NNC[C@H]2CC[C@H](COCc3ccccc3)CC2)c(F)c1. The molecule has 1 fully saturated rings. The van der Waals surface area contributed by atoms with E-state index < -0.39 is 0 Å². The van der Waals surface area contributed by atoms with Gasteiger partial charge in [0.1, 0.15) is 5.82 Å². The minimum Gasteiger partial charge on any atom is -0.376 e. The van der Waals surface area contributed by atoms with Gasteiger partial charge in [-0.2, -0.15) is 5.10 Å². The van der Waals surface area contributed by atoms with E-state index in [1.165, 1.54) is 37.3 Å². The summed E-state index contributed by atoms with van der Waals surface area (Å²) in [5.74, 6) is 1.07. The molecule has 2 aromatic rings. The quantitative estimate of drug-likeness (QED) is 0.521. The molecule has 1 N–H and O–H groups in total. The van der Waals surface area contributed by atoms with E-state index in [1.54, 1.807) is 12.3 Å². The van der Waals surface area contributed by atoms with E-state index in [1.807, 2.05) is 31.2 Å². The van der Waals surface area contributed by atoms with Crippen LogP contribution in [0.2, 0.25) is 0 Å². The summed E-state index contributed by atoms with van der Waals surface area (Å²) in [6.45, 7) is 4.28. The lowest BCUT2D eigenvalue weighted by molar-refractivity contribution is 0.0671. The lowest BCUT2D eigenvalue weighted by atomic mass is 9.82. The number of nitrogens with zero attached hydrogens (tertiary/aromatic N) is 1. The molecule has 0 aliphatic heterocycles. The van der Waals surface area contributed by atoms with Gasteiger partial charge in [0, 0.05) is 18.7 Å². The Labute approximate surface area is 161 Å². The molecule has 0 aromatic heterocycles. The highest BCUT2D eigenvalue weighted by Gasteiger charge is 2.21. The molecule has 1 aliphatic rings. The largest absolute Gasteiger partial charge is 0.376 e. The molecule has 0 heterocycles. The molecule has 0 unspecified atom stereocenters. The third kappa shape index (κ3) is 6.47. The number of hydrazone groups is 1. The van der Waals surface area contributed by atoms with E-state index in [9.17, 15) is 4.39 Å². The van der Waals surface area contributed by atoms with Gasteiger partial charge in [0.2, 0.25) is 0 Å². The summed E-state index contributed by atoms with van der Waals surface area (Å²) < 4.78 is 19.6. The van der Waals surface area contributed by atoms with Crippen molar-refractivity contribution in [1.29, 1.82) is 0 Å². The fourth-order valence-corrected chi connectivity index (χ4v) is 3.55. The molecule has 0 bridgehead atoms. The number of ether oxygens (including phenoxy) is 1. The topological polar surface area (TPSA) is 33.6 Å². The molecule has 4 heteroatoms. The molecule has 3 rings (SSSR count). The standard InChI is InChI=1S/C23H29FN2O/c1-18-7-12-22(23(24)13-18)15-26-25-14-19-8-10-21(11-9-19)17-27-16-20-5-3-2-4-6-20/h2-7,12-13,15,19,21,25H,8-11,14,16-17H2,1H3/t19-,21-. The summed E-state index contributed by atoms with van der Waals surface area (Å²) in [5, 5.41) is 4.19. The van der Waals surface area contributed by atoms with Crippen molar-refractivity contribution in [2.24, 2.45) is 16.9 Å². The summed E-state index contributed by atoms with van der Waals surface area (Å²) in [5.41, 5.74) is 5.77. The van der Waals surface area contributed by atoms with E-state index in [0.29, 0.717) is 24.0 Å². The molecule has 3 nitrogen and oxygen atoms in total. The van der Waals surface area contributed by atoms with Gasteiger partial charge >= 0.3 is 0 Å². The number of benzene rings is 2. The van der Waals surface area contributed by atoms with Gasteiger partial charge in [0.25, 0.3) is 0 Å².